The molecule has 0 spiro atoms. The van der Waals surface area contributed by atoms with Gasteiger partial charge in [0.2, 0.25) is 0 Å². The Morgan fingerprint density at radius 3 is 2.62 bits per heavy atom. The SMILES string of the molecule is CN=C(SCc1ccc(OC)cc1)[C@@]1(c2cccnc2)CCCC[C@@H]1C/C=C/c1ccccc1. The number of nitrogens with zero attached hydrogens (tertiary/aromatic N) is 2. The molecule has 0 N–H and O–H groups in total. The number of thioether (sulfide) groups is 1. The number of rotatable bonds is 8. The standard InChI is InChI=1S/C30H34N2OS/c1-31-29(34-23-25-16-18-28(33-2)19-17-25)30(27-15-9-21-32-22-27)20-7-6-13-26(30)14-8-12-24-10-4-3-5-11-24/h3-5,8-12,15-19,21-22,26H,6-7,13-14,20,23H2,1-2H3/b12-8+,31-29?/t26-,30+/m1/s1. The lowest BCUT2D eigenvalue weighted by Gasteiger charge is -2.45. The van der Waals surface area contributed by atoms with E-state index in [9.17, 15) is 0 Å². The van der Waals surface area contributed by atoms with E-state index < -0.39 is 0 Å². The Balaban J connectivity index is 1.62. The molecule has 1 aliphatic carbocycles. The third kappa shape index (κ3) is 5.61. The Morgan fingerprint density at radius 2 is 1.91 bits per heavy atom. The highest BCUT2D eigenvalue weighted by molar-refractivity contribution is 8.13. The fraction of sp³-hybridized carbons (Fsp3) is 0.333. The van der Waals surface area contributed by atoms with E-state index in [-0.39, 0.29) is 5.41 Å². The summed E-state index contributed by atoms with van der Waals surface area (Å²) >= 11 is 1.88. The molecule has 0 amide bonds. The third-order valence-electron chi connectivity index (χ3n) is 6.90. The molecule has 3 aromatic rings. The molecule has 0 bridgehead atoms. The monoisotopic (exact) mass is 470 g/mol. The predicted octanol–water partition coefficient (Wildman–Crippen LogP) is 7.58. The predicted molar refractivity (Wildman–Crippen MR) is 146 cm³/mol. The van der Waals surface area contributed by atoms with Crippen LogP contribution in [0.25, 0.3) is 6.08 Å². The van der Waals surface area contributed by atoms with Crippen molar-refractivity contribution in [2.24, 2.45) is 10.9 Å². The highest BCUT2D eigenvalue weighted by atomic mass is 32.2. The first-order valence-electron chi connectivity index (χ1n) is 12.1. The lowest BCUT2D eigenvalue weighted by atomic mass is 9.62. The van der Waals surface area contributed by atoms with Gasteiger partial charge in [0, 0.05) is 30.6 Å². The smallest absolute Gasteiger partial charge is 0.118 e. The normalized spacial score (nSPS) is 21.0. The zero-order valence-electron chi connectivity index (χ0n) is 20.2. The van der Waals surface area contributed by atoms with Gasteiger partial charge in [-0.15, -0.1) is 11.8 Å². The van der Waals surface area contributed by atoms with Crippen LogP contribution in [0.15, 0.2) is 90.2 Å². The van der Waals surface area contributed by atoms with Gasteiger partial charge in [0.05, 0.1) is 12.2 Å². The molecule has 1 fully saturated rings. The number of allylic oxidation sites excluding steroid dienone is 1. The lowest BCUT2D eigenvalue weighted by Crippen LogP contribution is -2.44. The van der Waals surface area contributed by atoms with E-state index in [1.54, 1.807) is 7.11 Å². The maximum atomic E-state index is 5.32. The maximum absolute atomic E-state index is 5.32. The van der Waals surface area contributed by atoms with Crippen molar-refractivity contribution in [3.05, 3.63) is 102 Å². The molecule has 1 saturated carbocycles. The van der Waals surface area contributed by atoms with Crippen molar-refractivity contribution in [2.45, 2.75) is 43.3 Å². The minimum absolute atomic E-state index is 0.0978. The second-order valence-corrected chi connectivity index (χ2v) is 9.83. The second-order valence-electron chi connectivity index (χ2n) is 8.87. The fourth-order valence-electron chi connectivity index (χ4n) is 5.17. The summed E-state index contributed by atoms with van der Waals surface area (Å²) in [5, 5.41) is 1.23. The van der Waals surface area contributed by atoms with E-state index in [1.165, 1.54) is 41.0 Å². The van der Waals surface area contributed by atoms with Crippen molar-refractivity contribution in [3.8, 4) is 5.75 Å². The summed E-state index contributed by atoms with van der Waals surface area (Å²) in [7, 11) is 3.67. The topological polar surface area (TPSA) is 34.5 Å². The zero-order valence-corrected chi connectivity index (χ0v) is 21.0. The summed E-state index contributed by atoms with van der Waals surface area (Å²) in [6.45, 7) is 0. The van der Waals surface area contributed by atoms with Crippen molar-refractivity contribution >= 4 is 22.9 Å². The first-order valence-corrected chi connectivity index (χ1v) is 13.1. The molecule has 1 heterocycles. The summed E-state index contributed by atoms with van der Waals surface area (Å²) < 4.78 is 5.32. The van der Waals surface area contributed by atoms with Crippen molar-refractivity contribution in [2.75, 3.05) is 14.2 Å². The van der Waals surface area contributed by atoms with E-state index in [2.05, 4.69) is 77.9 Å². The molecule has 1 aliphatic rings. The highest BCUT2D eigenvalue weighted by Gasteiger charge is 2.45. The summed E-state index contributed by atoms with van der Waals surface area (Å²) in [4.78, 5) is 9.45. The van der Waals surface area contributed by atoms with Crippen molar-refractivity contribution in [1.82, 2.24) is 4.98 Å². The third-order valence-corrected chi connectivity index (χ3v) is 8.20. The van der Waals surface area contributed by atoms with Crippen LogP contribution in [0.5, 0.6) is 5.75 Å². The number of methoxy groups -OCH3 is 1. The van der Waals surface area contributed by atoms with Gasteiger partial charge in [-0.1, -0.05) is 73.5 Å². The molecular formula is C30H34N2OS. The second kappa shape index (κ2) is 12.0. The number of hydrogen-bond donors (Lipinski definition) is 0. The van der Waals surface area contributed by atoms with Gasteiger partial charge in [-0.2, -0.15) is 0 Å². The van der Waals surface area contributed by atoms with Crippen LogP contribution in [0.3, 0.4) is 0 Å². The van der Waals surface area contributed by atoms with Gasteiger partial charge in [-0.05, 0) is 60.1 Å². The Morgan fingerprint density at radius 1 is 1.09 bits per heavy atom. The fourth-order valence-corrected chi connectivity index (χ4v) is 6.44. The molecule has 1 aromatic heterocycles. The molecule has 0 unspecified atom stereocenters. The largest absolute Gasteiger partial charge is 0.497 e. The maximum Gasteiger partial charge on any atom is 0.118 e. The molecule has 2 aromatic carbocycles. The summed E-state index contributed by atoms with van der Waals surface area (Å²) in [6.07, 6.45) is 14.4. The van der Waals surface area contributed by atoms with Gasteiger partial charge in [-0.25, -0.2) is 0 Å². The summed E-state index contributed by atoms with van der Waals surface area (Å²) in [5.74, 6) is 2.28. The van der Waals surface area contributed by atoms with E-state index in [0.717, 1.165) is 24.3 Å². The number of aliphatic imine (C=N–C) groups is 1. The van der Waals surface area contributed by atoms with Crippen LogP contribution in [-0.4, -0.2) is 24.2 Å². The van der Waals surface area contributed by atoms with E-state index in [4.69, 9.17) is 9.73 Å². The van der Waals surface area contributed by atoms with Crippen LogP contribution in [0.2, 0.25) is 0 Å². The van der Waals surface area contributed by atoms with Crippen LogP contribution in [-0.2, 0) is 11.2 Å². The zero-order chi connectivity index (χ0) is 23.6. The van der Waals surface area contributed by atoms with Crippen LogP contribution in [0.1, 0.15) is 48.8 Å². The highest BCUT2D eigenvalue weighted by Crippen LogP contribution is 2.49. The number of aromatic nitrogens is 1. The first kappa shape index (κ1) is 24.3. The van der Waals surface area contributed by atoms with Gasteiger partial charge < -0.3 is 4.74 Å². The Labute approximate surface area is 208 Å². The average molecular weight is 471 g/mol. The van der Waals surface area contributed by atoms with Crippen LogP contribution in [0, 0.1) is 5.92 Å². The summed E-state index contributed by atoms with van der Waals surface area (Å²) in [5.41, 5.74) is 3.74. The van der Waals surface area contributed by atoms with Gasteiger partial charge >= 0.3 is 0 Å². The number of ether oxygens (including phenoxy) is 1. The van der Waals surface area contributed by atoms with Crippen molar-refractivity contribution < 1.29 is 4.74 Å². The molecule has 0 saturated heterocycles. The van der Waals surface area contributed by atoms with Crippen LogP contribution in [0.4, 0.5) is 0 Å². The Bertz CT molecular complexity index is 1080. The van der Waals surface area contributed by atoms with Crippen LogP contribution >= 0.6 is 11.8 Å². The molecule has 0 radical (unpaired) electrons. The Kier molecular flexibility index (Phi) is 8.59. The molecular weight excluding hydrogens is 436 g/mol. The molecule has 34 heavy (non-hydrogen) atoms. The Hall–Kier alpha value is -2.85. The molecule has 4 heteroatoms. The van der Waals surface area contributed by atoms with Crippen molar-refractivity contribution in [1.29, 1.82) is 0 Å². The molecule has 2 atom stereocenters. The quantitative estimate of drug-likeness (QED) is 0.251. The van der Waals surface area contributed by atoms with Gasteiger partial charge in [0.15, 0.2) is 0 Å². The van der Waals surface area contributed by atoms with Gasteiger partial charge in [0.25, 0.3) is 0 Å². The van der Waals surface area contributed by atoms with E-state index in [1.807, 2.05) is 37.1 Å². The van der Waals surface area contributed by atoms with Gasteiger partial charge in [-0.3, -0.25) is 9.98 Å². The lowest BCUT2D eigenvalue weighted by molar-refractivity contribution is 0.257. The molecule has 4 rings (SSSR count). The van der Waals surface area contributed by atoms with Gasteiger partial charge in [0.1, 0.15) is 5.75 Å². The van der Waals surface area contributed by atoms with Crippen LogP contribution < -0.4 is 4.74 Å². The first-order chi connectivity index (χ1) is 16.8. The average Bonchev–Trinajstić information content (AvgIpc) is 2.91. The summed E-state index contributed by atoms with van der Waals surface area (Å²) in [6, 6.07) is 23.3. The molecule has 176 valence electrons. The number of benzene rings is 2. The molecule has 3 nitrogen and oxygen atoms in total. The minimum atomic E-state index is -0.0978. The van der Waals surface area contributed by atoms with Crippen molar-refractivity contribution in [3.63, 3.8) is 0 Å². The van der Waals surface area contributed by atoms with E-state index >= 15 is 0 Å². The number of pyridine rings is 1. The number of hydrogen-bond acceptors (Lipinski definition) is 4. The minimum Gasteiger partial charge on any atom is -0.497 e. The van der Waals surface area contributed by atoms with E-state index in [0.29, 0.717) is 5.92 Å². The molecule has 0 aliphatic heterocycles.